The maximum atomic E-state index is 12.0. The predicted octanol–water partition coefficient (Wildman–Crippen LogP) is 1.13. The summed E-state index contributed by atoms with van der Waals surface area (Å²) in [6.45, 7) is 11.5. The quantitative estimate of drug-likeness (QED) is 0.871. The molecule has 0 radical (unpaired) electrons. The van der Waals surface area contributed by atoms with E-state index in [-0.39, 0.29) is 12.0 Å². The number of amides is 2. The summed E-state index contributed by atoms with van der Waals surface area (Å²) in [5.74, 6) is -0.130. The van der Waals surface area contributed by atoms with E-state index in [1.807, 2.05) is 20.8 Å². The Bertz CT molecular complexity index is 576. The maximum Gasteiger partial charge on any atom is 0.410 e. The van der Waals surface area contributed by atoms with Crippen LogP contribution in [0.15, 0.2) is 0 Å². The SMILES string of the molecule is Cc1nnsc1C(=O)NCCN1CCN(C(=O)OC(C)(C)C)CC1. The van der Waals surface area contributed by atoms with Crippen molar-refractivity contribution in [2.24, 2.45) is 0 Å². The molecule has 1 fully saturated rings. The molecule has 2 heterocycles. The Balaban J connectivity index is 1.67. The molecule has 0 aromatic carbocycles. The third-order valence-corrected chi connectivity index (χ3v) is 4.42. The first-order valence-electron chi connectivity index (χ1n) is 8.04. The number of carbonyl (C=O) groups is 2. The van der Waals surface area contributed by atoms with E-state index < -0.39 is 5.60 Å². The van der Waals surface area contributed by atoms with Gasteiger partial charge in [-0.3, -0.25) is 9.69 Å². The molecule has 1 saturated heterocycles. The normalized spacial score (nSPS) is 16.1. The largest absolute Gasteiger partial charge is 0.444 e. The molecule has 0 spiro atoms. The van der Waals surface area contributed by atoms with Gasteiger partial charge in [-0.05, 0) is 39.2 Å². The molecule has 0 unspecified atom stereocenters. The average molecular weight is 355 g/mol. The first kappa shape index (κ1) is 18.6. The van der Waals surface area contributed by atoms with Gasteiger partial charge in [0.05, 0.1) is 5.69 Å². The second-order valence-electron chi connectivity index (χ2n) is 6.75. The highest BCUT2D eigenvalue weighted by Crippen LogP contribution is 2.12. The fraction of sp³-hybridized carbons (Fsp3) is 0.733. The van der Waals surface area contributed by atoms with Crippen LogP contribution < -0.4 is 5.32 Å². The number of rotatable bonds is 4. The number of nitrogens with one attached hydrogen (secondary N) is 1. The van der Waals surface area contributed by atoms with E-state index >= 15 is 0 Å². The molecule has 2 amide bonds. The molecule has 0 atom stereocenters. The van der Waals surface area contributed by atoms with Crippen molar-refractivity contribution in [1.82, 2.24) is 24.7 Å². The number of piperazine rings is 1. The molecular formula is C15H25N5O3S. The first-order valence-corrected chi connectivity index (χ1v) is 8.81. The second-order valence-corrected chi connectivity index (χ2v) is 7.51. The fourth-order valence-corrected chi connectivity index (χ4v) is 2.90. The van der Waals surface area contributed by atoms with Crippen LogP contribution in [0.2, 0.25) is 0 Å². The summed E-state index contributed by atoms with van der Waals surface area (Å²) in [5, 5.41) is 6.72. The number of ether oxygens (including phenoxy) is 1. The lowest BCUT2D eigenvalue weighted by Gasteiger charge is -2.35. The molecule has 9 heteroatoms. The highest BCUT2D eigenvalue weighted by Gasteiger charge is 2.25. The lowest BCUT2D eigenvalue weighted by molar-refractivity contribution is 0.0147. The Labute approximate surface area is 146 Å². The Morgan fingerprint density at radius 1 is 1.25 bits per heavy atom. The molecule has 0 aliphatic carbocycles. The van der Waals surface area contributed by atoms with Crippen molar-refractivity contribution in [3.8, 4) is 0 Å². The van der Waals surface area contributed by atoms with Gasteiger partial charge in [0.1, 0.15) is 10.5 Å². The molecule has 134 valence electrons. The van der Waals surface area contributed by atoms with Crippen LogP contribution in [0.3, 0.4) is 0 Å². The van der Waals surface area contributed by atoms with E-state index in [1.165, 1.54) is 0 Å². The summed E-state index contributed by atoms with van der Waals surface area (Å²) in [6, 6.07) is 0. The van der Waals surface area contributed by atoms with E-state index in [9.17, 15) is 9.59 Å². The zero-order chi connectivity index (χ0) is 17.7. The Kier molecular flexibility index (Phi) is 6.11. The molecule has 2 rings (SSSR count). The molecule has 8 nitrogen and oxygen atoms in total. The lowest BCUT2D eigenvalue weighted by atomic mass is 10.2. The summed E-state index contributed by atoms with van der Waals surface area (Å²) in [4.78, 5) is 28.5. The van der Waals surface area contributed by atoms with E-state index in [0.717, 1.165) is 31.2 Å². The van der Waals surface area contributed by atoms with Gasteiger partial charge in [-0.1, -0.05) is 4.49 Å². The van der Waals surface area contributed by atoms with Crippen LogP contribution >= 0.6 is 11.5 Å². The zero-order valence-corrected chi connectivity index (χ0v) is 15.5. The summed E-state index contributed by atoms with van der Waals surface area (Å²) >= 11 is 1.11. The summed E-state index contributed by atoms with van der Waals surface area (Å²) in [5.41, 5.74) is 0.186. The van der Waals surface area contributed by atoms with Gasteiger partial charge in [-0.2, -0.15) is 0 Å². The van der Waals surface area contributed by atoms with Crippen LogP contribution in [0.4, 0.5) is 4.79 Å². The minimum absolute atomic E-state index is 0.130. The minimum atomic E-state index is -0.470. The van der Waals surface area contributed by atoms with Gasteiger partial charge in [0.15, 0.2) is 0 Å². The molecule has 1 aliphatic rings. The number of hydrogen-bond donors (Lipinski definition) is 1. The predicted molar refractivity (Wildman–Crippen MR) is 91.2 cm³/mol. The smallest absolute Gasteiger partial charge is 0.410 e. The van der Waals surface area contributed by atoms with Gasteiger partial charge in [0.2, 0.25) is 0 Å². The molecule has 1 aliphatic heterocycles. The van der Waals surface area contributed by atoms with E-state index in [4.69, 9.17) is 4.74 Å². The minimum Gasteiger partial charge on any atom is -0.444 e. The Morgan fingerprint density at radius 3 is 2.46 bits per heavy atom. The standard InChI is InChI=1S/C15H25N5O3S/c1-11-12(24-18-17-11)13(21)16-5-6-19-7-9-20(10-8-19)14(22)23-15(2,3)4/h5-10H2,1-4H3,(H,16,21). The topological polar surface area (TPSA) is 87.7 Å². The highest BCUT2D eigenvalue weighted by molar-refractivity contribution is 7.07. The van der Waals surface area contributed by atoms with E-state index in [2.05, 4.69) is 19.8 Å². The van der Waals surface area contributed by atoms with Crippen LogP contribution in [-0.4, -0.2) is 76.3 Å². The van der Waals surface area contributed by atoms with Gasteiger partial charge in [-0.25, -0.2) is 4.79 Å². The number of aryl methyl sites for hydroxylation is 1. The van der Waals surface area contributed by atoms with Crippen molar-refractivity contribution in [2.75, 3.05) is 39.3 Å². The van der Waals surface area contributed by atoms with Crippen LogP contribution in [0, 0.1) is 6.92 Å². The molecule has 1 N–H and O–H groups in total. The Morgan fingerprint density at radius 2 is 1.92 bits per heavy atom. The van der Waals surface area contributed by atoms with Gasteiger partial charge in [-0.15, -0.1) is 5.10 Å². The van der Waals surface area contributed by atoms with Crippen LogP contribution in [0.25, 0.3) is 0 Å². The van der Waals surface area contributed by atoms with Crippen molar-refractivity contribution >= 4 is 23.5 Å². The average Bonchev–Trinajstić information content (AvgIpc) is 2.92. The van der Waals surface area contributed by atoms with Gasteiger partial charge < -0.3 is 15.0 Å². The number of hydrogen-bond acceptors (Lipinski definition) is 7. The van der Waals surface area contributed by atoms with Crippen LogP contribution in [0.1, 0.15) is 36.1 Å². The molecule has 0 bridgehead atoms. The van der Waals surface area contributed by atoms with Gasteiger partial charge >= 0.3 is 6.09 Å². The molecular weight excluding hydrogens is 330 g/mol. The summed E-state index contributed by atoms with van der Waals surface area (Å²) in [7, 11) is 0. The van der Waals surface area contributed by atoms with Crippen LogP contribution in [0.5, 0.6) is 0 Å². The van der Waals surface area contributed by atoms with Crippen molar-refractivity contribution in [3.05, 3.63) is 10.6 Å². The van der Waals surface area contributed by atoms with Crippen molar-refractivity contribution in [2.45, 2.75) is 33.3 Å². The third-order valence-electron chi connectivity index (χ3n) is 3.60. The monoisotopic (exact) mass is 355 g/mol. The summed E-state index contributed by atoms with van der Waals surface area (Å²) < 4.78 is 9.14. The second kappa shape index (κ2) is 7.89. The number of nitrogens with zero attached hydrogens (tertiary/aromatic N) is 4. The van der Waals surface area contributed by atoms with E-state index in [0.29, 0.717) is 30.2 Å². The maximum absolute atomic E-state index is 12.0. The first-order chi connectivity index (χ1) is 11.3. The van der Waals surface area contributed by atoms with E-state index in [1.54, 1.807) is 11.8 Å². The molecule has 1 aromatic rings. The summed E-state index contributed by atoms with van der Waals surface area (Å²) in [6.07, 6.45) is -0.261. The van der Waals surface area contributed by atoms with Gasteiger partial charge in [0.25, 0.3) is 5.91 Å². The lowest BCUT2D eigenvalue weighted by Crippen LogP contribution is -2.51. The zero-order valence-electron chi connectivity index (χ0n) is 14.7. The van der Waals surface area contributed by atoms with Crippen LogP contribution in [-0.2, 0) is 4.74 Å². The number of aromatic nitrogens is 2. The highest BCUT2D eigenvalue weighted by atomic mass is 32.1. The molecule has 1 aromatic heterocycles. The fourth-order valence-electron chi connectivity index (χ4n) is 2.33. The van der Waals surface area contributed by atoms with Crippen molar-refractivity contribution in [3.63, 3.8) is 0 Å². The molecule has 24 heavy (non-hydrogen) atoms. The van der Waals surface area contributed by atoms with Gasteiger partial charge in [0, 0.05) is 39.3 Å². The third kappa shape index (κ3) is 5.41. The van der Waals surface area contributed by atoms with Crippen molar-refractivity contribution in [1.29, 1.82) is 0 Å². The Hall–Kier alpha value is -1.74. The molecule has 0 saturated carbocycles. The number of carbonyl (C=O) groups excluding carboxylic acids is 2. The van der Waals surface area contributed by atoms with Crippen molar-refractivity contribution < 1.29 is 14.3 Å².